The lowest BCUT2D eigenvalue weighted by atomic mass is 10.0. The van der Waals surface area contributed by atoms with Crippen molar-refractivity contribution in [1.82, 2.24) is 25.1 Å². The van der Waals surface area contributed by atoms with Crippen LogP contribution in [0.25, 0.3) is 5.69 Å². The Hall–Kier alpha value is -3.13. The van der Waals surface area contributed by atoms with Crippen LogP contribution in [0, 0.1) is 12.7 Å². The number of nitrogens with zero attached hydrogens (tertiary/aromatic N) is 5. The fourth-order valence-corrected chi connectivity index (χ4v) is 2.73. The summed E-state index contributed by atoms with van der Waals surface area (Å²) in [6, 6.07) is 12.6. The zero-order chi connectivity index (χ0) is 18.7. The van der Waals surface area contributed by atoms with Crippen molar-refractivity contribution in [3.05, 3.63) is 65.7 Å². The Balaban J connectivity index is 1.84. The molecule has 0 aliphatic heterocycles. The minimum Gasteiger partial charge on any atom is -0.324 e. The number of tetrazole rings is 1. The highest BCUT2D eigenvalue weighted by Crippen LogP contribution is 2.22. The summed E-state index contributed by atoms with van der Waals surface area (Å²) < 4.78 is 14.8. The summed E-state index contributed by atoms with van der Waals surface area (Å²) in [5.74, 6) is 0.0920. The number of anilines is 1. The number of hydrogen-bond donors (Lipinski definition) is 1. The Kier molecular flexibility index (Phi) is 5.04. The molecule has 1 aromatic heterocycles. The third kappa shape index (κ3) is 3.75. The Morgan fingerprint density at radius 3 is 2.54 bits per heavy atom. The summed E-state index contributed by atoms with van der Waals surface area (Å²) >= 11 is 0. The number of aromatic nitrogens is 4. The van der Waals surface area contributed by atoms with Crippen molar-refractivity contribution in [3.8, 4) is 5.69 Å². The largest absolute Gasteiger partial charge is 0.324 e. The second-order valence-corrected chi connectivity index (χ2v) is 6.10. The van der Waals surface area contributed by atoms with Gasteiger partial charge in [-0.15, -0.1) is 5.10 Å². The lowest BCUT2D eigenvalue weighted by Gasteiger charge is -2.24. The molecule has 0 aliphatic carbocycles. The normalized spacial score (nSPS) is 12.2. The smallest absolute Gasteiger partial charge is 0.246 e. The number of carbonyl (C=O) groups is 1. The van der Waals surface area contributed by atoms with Gasteiger partial charge in [0.2, 0.25) is 5.91 Å². The van der Waals surface area contributed by atoms with E-state index in [-0.39, 0.29) is 11.7 Å². The van der Waals surface area contributed by atoms with E-state index in [1.807, 2.05) is 12.1 Å². The topological polar surface area (TPSA) is 75.9 Å². The number of benzene rings is 2. The SMILES string of the molecule is Cc1nnnn1-c1cccc(NC(=O)[C@@H](c2ccc(F)cc2)N(C)C)c1. The Labute approximate surface area is 150 Å². The first-order valence-electron chi connectivity index (χ1n) is 8.04. The molecule has 1 heterocycles. The lowest BCUT2D eigenvalue weighted by molar-refractivity contribution is -0.120. The van der Waals surface area contributed by atoms with Crippen LogP contribution in [0.3, 0.4) is 0 Å². The molecule has 26 heavy (non-hydrogen) atoms. The standard InChI is InChI=1S/C18H19FN6O/c1-12-21-22-23-25(12)16-6-4-5-15(11-16)20-18(26)17(24(2)3)13-7-9-14(19)10-8-13/h4-11,17H,1-3H3,(H,20,26)/t17-/m1/s1. The maximum atomic E-state index is 13.2. The molecule has 0 aliphatic rings. The van der Waals surface area contributed by atoms with Gasteiger partial charge in [-0.3, -0.25) is 9.69 Å². The first-order valence-corrected chi connectivity index (χ1v) is 8.04. The van der Waals surface area contributed by atoms with Gasteiger partial charge in [-0.25, -0.2) is 4.39 Å². The molecule has 1 atom stereocenters. The molecule has 134 valence electrons. The third-order valence-corrected chi connectivity index (χ3v) is 3.93. The summed E-state index contributed by atoms with van der Waals surface area (Å²) in [7, 11) is 3.60. The average Bonchev–Trinajstić information content (AvgIpc) is 3.03. The van der Waals surface area contributed by atoms with E-state index in [1.54, 1.807) is 54.9 Å². The summed E-state index contributed by atoms with van der Waals surface area (Å²) in [5.41, 5.74) is 2.08. The Morgan fingerprint density at radius 1 is 1.19 bits per heavy atom. The van der Waals surface area contributed by atoms with Gasteiger partial charge < -0.3 is 5.32 Å². The van der Waals surface area contributed by atoms with Crippen molar-refractivity contribution in [3.63, 3.8) is 0 Å². The fourth-order valence-electron chi connectivity index (χ4n) is 2.73. The minimum absolute atomic E-state index is 0.216. The third-order valence-electron chi connectivity index (χ3n) is 3.93. The molecular formula is C18H19FN6O. The van der Waals surface area contributed by atoms with Crippen LogP contribution in [0.5, 0.6) is 0 Å². The summed E-state index contributed by atoms with van der Waals surface area (Å²) in [4.78, 5) is 14.6. The maximum Gasteiger partial charge on any atom is 0.246 e. The Morgan fingerprint density at radius 2 is 1.92 bits per heavy atom. The Bertz CT molecular complexity index is 906. The van der Waals surface area contributed by atoms with Crippen molar-refractivity contribution in [2.45, 2.75) is 13.0 Å². The van der Waals surface area contributed by atoms with E-state index < -0.39 is 6.04 Å². The highest BCUT2D eigenvalue weighted by atomic mass is 19.1. The van der Waals surface area contributed by atoms with Gasteiger partial charge in [0.25, 0.3) is 0 Å². The van der Waals surface area contributed by atoms with E-state index >= 15 is 0 Å². The van der Waals surface area contributed by atoms with Crippen molar-refractivity contribution in [2.24, 2.45) is 0 Å². The van der Waals surface area contributed by atoms with Gasteiger partial charge in [0.1, 0.15) is 11.9 Å². The minimum atomic E-state index is -0.547. The molecule has 3 rings (SSSR count). The number of hydrogen-bond acceptors (Lipinski definition) is 5. The molecule has 8 heteroatoms. The molecule has 0 unspecified atom stereocenters. The molecule has 0 saturated heterocycles. The predicted molar refractivity (Wildman–Crippen MR) is 95.3 cm³/mol. The van der Waals surface area contributed by atoms with Gasteiger partial charge in [0, 0.05) is 5.69 Å². The zero-order valence-electron chi connectivity index (χ0n) is 14.7. The van der Waals surface area contributed by atoms with Crippen LogP contribution < -0.4 is 5.32 Å². The molecule has 1 N–H and O–H groups in total. The molecule has 0 radical (unpaired) electrons. The molecule has 2 aromatic carbocycles. The van der Waals surface area contributed by atoms with Gasteiger partial charge in [0.05, 0.1) is 5.69 Å². The second kappa shape index (κ2) is 7.40. The van der Waals surface area contributed by atoms with Crippen LogP contribution in [0.4, 0.5) is 10.1 Å². The van der Waals surface area contributed by atoms with Gasteiger partial charge >= 0.3 is 0 Å². The monoisotopic (exact) mass is 354 g/mol. The molecule has 7 nitrogen and oxygen atoms in total. The molecule has 3 aromatic rings. The van der Waals surface area contributed by atoms with Crippen LogP contribution in [0.1, 0.15) is 17.4 Å². The quantitative estimate of drug-likeness (QED) is 0.761. The zero-order valence-corrected chi connectivity index (χ0v) is 14.7. The van der Waals surface area contributed by atoms with E-state index in [9.17, 15) is 9.18 Å². The van der Waals surface area contributed by atoms with Crippen LogP contribution in [-0.2, 0) is 4.79 Å². The van der Waals surface area contributed by atoms with E-state index in [0.717, 1.165) is 5.69 Å². The first kappa shape index (κ1) is 17.7. The molecule has 0 spiro atoms. The van der Waals surface area contributed by atoms with E-state index in [4.69, 9.17) is 0 Å². The first-order chi connectivity index (χ1) is 12.5. The molecule has 0 fully saturated rings. The molecule has 1 amide bonds. The number of carbonyl (C=O) groups excluding carboxylic acids is 1. The van der Waals surface area contributed by atoms with Crippen LogP contribution in [0.15, 0.2) is 48.5 Å². The van der Waals surface area contributed by atoms with Crippen molar-refractivity contribution in [1.29, 1.82) is 0 Å². The molecular weight excluding hydrogens is 335 g/mol. The predicted octanol–water partition coefficient (Wildman–Crippen LogP) is 2.35. The van der Waals surface area contributed by atoms with Gasteiger partial charge in [-0.2, -0.15) is 4.68 Å². The number of halogens is 1. The van der Waals surface area contributed by atoms with Gasteiger partial charge in [-0.1, -0.05) is 18.2 Å². The molecule has 0 saturated carbocycles. The maximum absolute atomic E-state index is 13.2. The highest BCUT2D eigenvalue weighted by molar-refractivity contribution is 5.95. The van der Waals surface area contributed by atoms with Crippen molar-refractivity contribution >= 4 is 11.6 Å². The fraction of sp³-hybridized carbons (Fsp3) is 0.222. The van der Waals surface area contributed by atoms with Crippen molar-refractivity contribution in [2.75, 3.05) is 19.4 Å². The number of amides is 1. The van der Waals surface area contributed by atoms with Crippen LogP contribution in [0.2, 0.25) is 0 Å². The highest BCUT2D eigenvalue weighted by Gasteiger charge is 2.23. The summed E-state index contributed by atoms with van der Waals surface area (Å²) in [5, 5.41) is 14.3. The van der Waals surface area contributed by atoms with Crippen LogP contribution >= 0.6 is 0 Å². The molecule has 0 bridgehead atoms. The van der Waals surface area contributed by atoms with Gasteiger partial charge in [-0.05, 0) is 67.3 Å². The summed E-state index contributed by atoms with van der Waals surface area (Å²) in [6.07, 6.45) is 0. The number of likely N-dealkylation sites (N-methyl/N-ethyl adjacent to an activating group) is 1. The van der Waals surface area contributed by atoms with E-state index in [1.165, 1.54) is 12.1 Å². The van der Waals surface area contributed by atoms with E-state index in [0.29, 0.717) is 17.1 Å². The lowest BCUT2D eigenvalue weighted by Crippen LogP contribution is -2.32. The second-order valence-electron chi connectivity index (χ2n) is 6.10. The average molecular weight is 354 g/mol. The summed E-state index contributed by atoms with van der Waals surface area (Å²) in [6.45, 7) is 1.79. The number of rotatable bonds is 5. The van der Waals surface area contributed by atoms with Crippen LogP contribution in [-0.4, -0.2) is 45.1 Å². The number of aryl methyl sites for hydroxylation is 1. The van der Waals surface area contributed by atoms with Gasteiger partial charge in [0.15, 0.2) is 5.82 Å². The van der Waals surface area contributed by atoms with E-state index in [2.05, 4.69) is 20.8 Å². The van der Waals surface area contributed by atoms with Crippen molar-refractivity contribution < 1.29 is 9.18 Å². The number of nitrogens with one attached hydrogen (secondary N) is 1.